The van der Waals surface area contributed by atoms with Crippen molar-refractivity contribution in [1.29, 1.82) is 0 Å². The first-order valence-electron chi connectivity index (χ1n) is 23.6. The molecule has 1 unspecified atom stereocenters. The van der Waals surface area contributed by atoms with Crippen LogP contribution in [0.2, 0.25) is 0 Å². The van der Waals surface area contributed by atoms with Gasteiger partial charge in [-0.2, -0.15) is 0 Å². The minimum Gasteiger partial charge on any atom is -0.478 e. The highest BCUT2D eigenvalue weighted by molar-refractivity contribution is 7.14. The summed E-state index contributed by atoms with van der Waals surface area (Å²) in [4.78, 5) is 0. The van der Waals surface area contributed by atoms with E-state index in [4.69, 9.17) is 4.74 Å². The molecular formula is C59H51B4N3O. The third-order valence-electron chi connectivity index (χ3n) is 14.2. The van der Waals surface area contributed by atoms with E-state index in [0.29, 0.717) is 0 Å². The first-order chi connectivity index (χ1) is 32.9. The number of ether oxygens (including phenoxy) is 1. The zero-order valence-corrected chi connectivity index (χ0v) is 38.3. The summed E-state index contributed by atoms with van der Waals surface area (Å²) >= 11 is 0. The number of hydrogen-bond acceptors (Lipinski definition) is 4. The lowest BCUT2D eigenvalue weighted by Gasteiger charge is -2.57. The first-order valence-corrected chi connectivity index (χ1v) is 23.6. The Morgan fingerprint density at radius 1 is 0.343 bits per heavy atom. The largest absolute Gasteiger partial charge is 0.478 e. The molecule has 0 saturated carbocycles. The molecule has 9 aromatic carbocycles. The van der Waals surface area contributed by atoms with Crippen molar-refractivity contribution in [2.24, 2.45) is 0 Å². The molecule has 67 heavy (non-hydrogen) atoms. The molecule has 1 fully saturated rings. The van der Waals surface area contributed by atoms with Gasteiger partial charge in [0.15, 0.2) is 5.60 Å². The standard InChI is InChI=1S/C59H51B4N3O/c1-58(2)55-42-23-25-44-57(55)67-59(3,54-41-22-24-43-56(54)60(58)47-28-10-4-11-29-47)46-27-26-40-53(45-46)66-62(49-32-14-6-15-33-49)64(51-36-18-8-19-37-51)61(48-30-12-5-13-31-48)65(52-38-20-9-21-39-52)63(66)50-34-16-7-17-35-50/h4-45H,1-3H3. The van der Waals surface area contributed by atoms with Crippen LogP contribution in [0.1, 0.15) is 37.5 Å². The minimum atomic E-state index is -0.892. The summed E-state index contributed by atoms with van der Waals surface area (Å²) in [5.41, 5.74) is 12.0. The molecule has 11 rings (SSSR count). The van der Waals surface area contributed by atoms with Gasteiger partial charge in [-0.05, 0) is 82.2 Å². The molecule has 2 aliphatic heterocycles. The third kappa shape index (κ3) is 7.51. The van der Waals surface area contributed by atoms with E-state index in [0.717, 1.165) is 33.9 Å². The van der Waals surface area contributed by atoms with E-state index in [2.05, 4.69) is 290 Å². The van der Waals surface area contributed by atoms with Crippen LogP contribution in [-0.2, 0) is 10.9 Å². The van der Waals surface area contributed by atoms with Crippen LogP contribution < -0.4 is 46.2 Å². The highest BCUT2D eigenvalue weighted by Crippen LogP contribution is 2.44. The van der Waals surface area contributed by atoms with Crippen molar-refractivity contribution < 1.29 is 4.74 Å². The van der Waals surface area contributed by atoms with E-state index in [9.17, 15) is 0 Å². The van der Waals surface area contributed by atoms with E-state index in [-0.39, 0.29) is 33.0 Å². The van der Waals surface area contributed by atoms with E-state index in [1.165, 1.54) is 32.9 Å². The molecular weight excluding hydrogens is 810 g/mol. The molecule has 1 atom stereocenters. The Labute approximate surface area is 398 Å². The molecule has 8 heteroatoms. The van der Waals surface area contributed by atoms with E-state index in [1.54, 1.807) is 0 Å². The van der Waals surface area contributed by atoms with Gasteiger partial charge in [-0.3, -0.25) is 0 Å². The monoisotopic (exact) mass is 861 g/mol. The zero-order valence-electron chi connectivity index (χ0n) is 38.3. The van der Waals surface area contributed by atoms with Crippen LogP contribution in [-0.4, -0.2) is 27.7 Å². The number of nitrogens with zero attached hydrogens (tertiary/aromatic N) is 3. The fraction of sp³-hybridized carbons (Fsp3) is 0.0847. The minimum absolute atomic E-state index is 0.0539. The van der Waals surface area contributed by atoms with Crippen LogP contribution in [0.5, 0.6) is 5.75 Å². The molecule has 2 aliphatic rings. The Bertz CT molecular complexity index is 3000. The summed E-state index contributed by atoms with van der Waals surface area (Å²) in [6.07, 6.45) is 0. The fourth-order valence-corrected chi connectivity index (χ4v) is 11.2. The quantitative estimate of drug-likeness (QED) is 0.142. The van der Waals surface area contributed by atoms with Crippen LogP contribution in [0.25, 0.3) is 0 Å². The summed E-state index contributed by atoms with van der Waals surface area (Å²) in [6.45, 7) is 6.33. The van der Waals surface area contributed by atoms with Gasteiger partial charge in [0.25, 0.3) is 0 Å². The van der Waals surface area contributed by atoms with Crippen molar-refractivity contribution in [2.45, 2.75) is 31.7 Å². The lowest BCUT2D eigenvalue weighted by molar-refractivity contribution is 0.130. The molecule has 0 aliphatic carbocycles. The Kier molecular flexibility index (Phi) is 11.1. The van der Waals surface area contributed by atoms with Crippen molar-refractivity contribution in [3.05, 3.63) is 271 Å². The molecule has 4 nitrogen and oxygen atoms in total. The second-order valence-corrected chi connectivity index (χ2v) is 18.6. The maximum Gasteiger partial charge on any atom is 0.388 e. The average Bonchev–Trinajstić information content (AvgIpc) is 3.39. The molecule has 0 spiro atoms. The summed E-state index contributed by atoms with van der Waals surface area (Å²) in [5, 5.41) is -0.298. The van der Waals surface area contributed by atoms with Gasteiger partial charge in [0.05, 0.1) is 0 Å². The predicted octanol–water partition coefficient (Wildman–Crippen LogP) is 9.49. The number of rotatable bonds is 8. The number of fused-ring (bicyclic) bond motifs is 2. The smallest absolute Gasteiger partial charge is 0.388 e. The molecule has 0 bridgehead atoms. The van der Waals surface area contributed by atoms with Gasteiger partial charge < -0.3 is 18.9 Å². The van der Waals surface area contributed by atoms with E-state index < -0.39 is 5.60 Å². The van der Waals surface area contributed by atoms with Crippen LogP contribution in [0.15, 0.2) is 255 Å². The summed E-state index contributed by atoms with van der Waals surface area (Å²) in [5.74, 6) is 0.898. The normalized spacial score (nSPS) is 16.7. The highest BCUT2D eigenvalue weighted by Gasteiger charge is 2.56. The Balaban J connectivity index is 1.19. The molecule has 0 aromatic heterocycles. The van der Waals surface area contributed by atoms with Gasteiger partial charge in [0.1, 0.15) is 5.75 Å². The number of anilines is 3. The molecule has 0 amide bonds. The Hall–Kier alpha value is -7.56. The SMILES string of the molecule is CC1(C)B(c2ccccc2)c2ccccc2C(C)(c2cccc(N3B(c4ccccc4)N(c4ccccc4)B(c4ccccc4)N(c4ccccc4)B3c3ccccc3)c2)Oc2ccccc21. The van der Waals surface area contributed by atoms with Crippen LogP contribution in [0, 0.1) is 0 Å². The lowest BCUT2D eigenvalue weighted by Crippen LogP contribution is -2.86. The zero-order chi connectivity index (χ0) is 45.4. The first kappa shape index (κ1) is 42.1. The van der Waals surface area contributed by atoms with Crippen molar-refractivity contribution in [1.82, 2.24) is 0 Å². The van der Waals surface area contributed by atoms with Crippen molar-refractivity contribution in [3.8, 4) is 5.75 Å². The van der Waals surface area contributed by atoms with Gasteiger partial charge >= 0.3 is 20.9 Å². The number of hydrogen-bond donors (Lipinski definition) is 0. The van der Waals surface area contributed by atoms with Gasteiger partial charge in [-0.1, -0.05) is 237 Å². The van der Waals surface area contributed by atoms with E-state index in [1.807, 2.05) is 0 Å². The Morgan fingerprint density at radius 2 is 0.716 bits per heavy atom. The maximum absolute atomic E-state index is 7.64. The van der Waals surface area contributed by atoms with E-state index >= 15 is 0 Å². The average molecular weight is 861 g/mol. The predicted molar refractivity (Wildman–Crippen MR) is 287 cm³/mol. The second kappa shape index (κ2) is 17.7. The van der Waals surface area contributed by atoms with Crippen molar-refractivity contribution in [3.63, 3.8) is 0 Å². The Morgan fingerprint density at radius 3 is 1.21 bits per heavy atom. The lowest BCUT2D eigenvalue weighted by atomic mass is 9.26. The van der Waals surface area contributed by atoms with Crippen LogP contribution >= 0.6 is 0 Å². The van der Waals surface area contributed by atoms with Crippen molar-refractivity contribution in [2.75, 3.05) is 14.2 Å². The molecule has 0 N–H and O–H groups in total. The molecule has 1 saturated heterocycles. The summed E-state index contributed by atoms with van der Waals surface area (Å²) < 4.78 is 15.5. The summed E-state index contributed by atoms with van der Waals surface area (Å²) in [7, 11) is 0. The highest BCUT2D eigenvalue weighted by atomic mass is 16.5. The third-order valence-corrected chi connectivity index (χ3v) is 14.2. The van der Waals surface area contributed by atoms with Gasteiger partial charge in [0, 0.05) is 22.6 Å². The maximum atomic E-state index is 7.64. The second-order valence-electron chi connectivity index (χ2n) is 18.6. The molecule has 9 aromatic rings. The van der Waals surface area contributed by atoms with Crippen molar-refractivity contribution >= 4 is 72.0 Å². The number of para-hydroxylation sites is 3. The van der Waals surface area contributed by atoms with Crippen LogP contribution in [0.4, 0.5) is 17.1 Å². The molecule has 320 valence electrons. The summed E-state index contributed by atoms with van der Waals surface area (Å²) in [6, 6.07) is 92.9. The van der Waals surface area contributed by atoms with Gasteiger partial charge in [0.2, 0.25) is 6.71 Å². The number of benzene rings is 9. The molecule has 2 heterocycles. The van der Waals surface area contributed by atoms with Gasteiger partial charge in [-0.25, -0.2) is 0 Å². The molecule has 0 radical (unpaired) electrons. The van der Waals surface area contributed by atoms with Gasteiger partial charge in [-0.15, -0.1) is 0 Å². The fourth-order valence-electron chi connectivity index (χ4n) is 11.2. The topological polar surface area (TPSA) is 19.0 Å². The van der Waals surface area contributed by atoms with Crippen LogP contribution in [0.3, 0.4) is 0 Å².